The predicted molar refractivity (Wildman–Crippen MR) is 74.2 cm³/mol. The average Bonchev–Trinajstić information content (AvgIpc) is 2.28. The lowest BCUT2D eigenvalue weighted by Crippen LogP contribution is -2.01. The Morgan fingerprint density at radius 3 is 2.59 bits per heavy atom. The summed E-state index contributed by atoms with van der Waals surface area (Å²) in [4.78, 5) is 9.68. The largest absolute Gasteiger partial charge is 0.383 e. The van der Waals surface area contributed by atoms with Gasteiger partial charge in [0.25, 0.3) is 0 Å². The van der Waals surface area contributed by atoms with Crippen molar-refractivity contribution < 1.29 is 0 Å². The number of hydrogen-bond donors (Lipinski definition) is 1. The summed E-state index contributed by atoms with van der Waals surface area (Å²) in [6, 6.07) is 8.04. The van der Waals surface area contributed by atoms with Crippen LogP contribution in [0.5, 0.6) is 0 Å². The number of aryl methyl sites for hydroxylation is 1. The second-order valence-corrected chi connectivity index (χ2v) is 5.50. The summed E-state index contributed by atoms with van der Waals surface area (Å²) in [7, 11) is 0. The van der Waals surface area contributed by atoms with E-state index in [1.54, 1.807) is 11.8 Å². The van der Waals surface area contributed by atoms with E-state index >= 15 is 0 Å². The highest BCUT2D eigenvalue weighted by molar-refractivity contribution is 9.10. The van der Waals surface area contributed by atoms with Crippen LogP contribution in [-0.4, -0.2) is 9.97 Å². The number of nitrogens with two attached hydrogens (primary N) is 1. The summed E-state index contributed by atoms with van der Waals surface area (Å²) in [5, 5.41) is 0.905. The first-order valence-electron chi connectivity index (χ1n) is 5.11. The number of rotatable bonds is 2. The fraction of sp³-hybridized carbons (Fsp3) is 0.167. The number of nitrogen functional groups attached to an aromatic ring is 1. The van der Waals surface area contributed by atoms with Crippen LogP contribution in [0.25, 0.3) is 0 Å². The van der Waals surface area contributed by atoms with Crippen molar-refractivity contribution in [2.24, 2.45) is 0 Å². The van der Waals surface area contributed by atoms with Gasteiger partial charge in [-0.15, -0.1) is 0 Å². The molecule has 0 saturated heterocycles. The first-order valence-corrected chi connectivity index (χ1v) is 6.72. The standard InChI is InChI=1S/C12H12BrN3S/c1-7-11(14)15-8(2)16-12(7)17-10-6-4-3-5-9(10)13/h3-6H,1-2H3,(H2,14,15,16). The van der Waals surface area contributed by atoms with Gasteiger partial charge in [0.1, 0.15) is 16.7 Å². The second-order valence-electron chi connectivity index (χ2n) is 3.62. The zero-order valence-electron chi connectivity index (χ0n) is 9.57. The van der Waals surface area contributed by atoms with Gasteiger partial charge in [0.15, 0.2) is 0 Å². The lowest BCUT2D eigenvalue weighted by atomic mass is 10.3. The third-order valence-electron chi connectivity index (χ3n) is 2.29. The van der Waals surface area contributed by atoms with E-state index in [1.807, 2.05) is 38.1 Å². The summed E-state index contributed by atoms with van der Waals surface area (Å²) in [5.74, 6) is 1.25. The van der Waals surface area contributed by atoms with Crippen LogP contribution in [0, 0.1) is 13.8 Å². The Hall–Kier alpha value is -1.07. The Morgan fingerprint density at radius 1 is 1.18 bits per heavy atom. The van der Waals surface area contributed by atoms with Crippen molar-refractivity contribution in [1.29, 1.82) is 0 Å². The van der Waals surface area contributed by atoms with Crippen molar-refractivity contribution in [1.82, 2.24) is 9.97 Å². The molecule has 17 heavy (non-hydrogen) atoms. The molecule has 0 aliphatic rings. The Kier molecular flexibility index (Phi) is 3.69. The Bertz CT molecular complexity index is 557. The van der Waals surface area contributed by atoms with E-state index < -0.39 is 0 Å². The Labute approximate surface area is 113 Å². The number of halogens is 1. The average molecular weight is 310 g/mol. The summed E-state index contributed by atoms with van der Waals surface area (Å²) < 4.78 is 1.05. The van der Waals surface area contributed by atoms with Gasteiger partial charge in [-0.2, -0.15) is 0 Å². The van der Waals surface area contributed by atoms with Gasteiger partial charge in [-0.25, -0.2) is 9.97 Å². The minimum Gasteiger partial charge on any atom is -0.383 e. The second kappa shape index (κ2) is 5.06. The summed E-state index contributed by atoms with van der Waals surface area (Å²) in [6.45, 7) is 3.79. The quantitative estimate of drug-likeness (QED) is 0.861. The molecule has 0 aliphatic heterocycles. The maximum atomic E-state index is 5.84. The van der Waals surface area contributed by atoms with E-state index in [0.717, 1.165) is 20.0 Å². The fourth-order valence-corrected chi connectivity index (χ4v) is 2.84. The van der Waals surface area contributed by atoms with E-state index in [-0.39, 0.29) is 0 Å². The SMILES string of the molecule is Cc1nc(N)c(C)c(Sc2ccccc2Br)n1. The van der Waals surface area contributed by atoms with Crippen molar-refractivity contribution in [2.45, 2.75) is 23.8 Å². The highest BCUT2D eigenvalue weighted by Crippen LogP contribution is 2.34. The fourth-order valence-electron chi connectivity index (χ4n) is 1.35. The highest BCUT2D eigenvalue weighted by Gasteiger charge is 2.09. The number of benzene rings is 1. The maximum absolute atomic E-state index is 5.84. The molecule has 2 rings (SSSR count). The van der Waals surface area contributed by atoms with Crippen LogP contribution in [0.1, 0.15) is 11.4 Å². The van der Waals surface area contributed by atoms with E-state index in [4.69, 9.17) is 5.73 Å². The molecule has 0 unspecified atom stereocenters. The highest BCUT2D eigenvalue weighted by atomic mass is 79.9. The van der Waals surface area contributed by atoms with E-state index in [1.165, 1.54) is 0 Å². The molecule has 1 aromatic carbocycles. The third kappa shape index (κ3) is 2.79. The van der Waals surface area contributed by atoms with Gasteiger partial charge in [-0.3, -0.25) is 0 Å². The first-order chi connectivity index (χ1) is 8.08. The molecule has 0 atom stereocenters. The van der Waals surface area contributed by atoms with E-state index in [2.05, 4.69) is 25.9 Å². The van der Waals surface area contributed by atoms with Gasteiger partial charge in [0.2, 0.25) is 0 Å². The van der Waals surface area contributed by atoms with Gasteiger partial charge < -0.3 is 5.73 Å². The zero-order chi connectivity index (χ0) is 12.4. The van der Waals surface area contributed by atoms with Crippen molar-refractivity contribution in [2.75, 3.05) is 5.73 Å². The van der Waals surface area contributed by atoms with Crippen LogP contribution < -0.4 is 5.73 Å². The molecule has 0 radical (unpaired) electrons. The van der Waals surface area contributed by atoms with Crippen LogP contribution in [0.2, 0.25) is 0 Å². The van der Waals surface area contributed by atoms with Crippen LogP contribution in [-0.2, 0) is 0 Å². The molecular weight excluding hydrogens is 298 g/mol. The molecular formula is C12H12BrN3S. The molecule has 88 valence electrons. The number of nitrogens with zero attached hydrogens (tertiary/aromatic N) is 2. The number of aromatic nitrogens is 2. The van der Waals surface area contributed by atoms with E-state index in [0.29, 0.717) is 11.6 Å². The van der Waals surface area contributed by atoms with Gasteiger partial charge in [-0.05, 0) is 41.9 Å². The van der Waals surface area contributed by atoms with Crippen molar-refractivity contribution in [3.63, 3.8) is 0 Å². The molecule has 1 heterocycles. The topological polar surface area (TPSA) is 51.8 Å². The zero-order valence-corrected chi connectivity index (χ0v) is 12.0. The minimum absolute atomic E-state index is 0.548. The van der Waals surface area contributed by atoms with Gasteiger partial charge in [0.05, 0.1) is 0 Å². The molecule has 2 N–H and O–H groups in total. The maximum Gasteiger partial charge on any atom is 0.131 e. The lowest BCUT2D eigenvalue weighted by molar-refractivity contribution is 0.946. The molecule has 0 spiro atoms. The summed E-state index contributed by atoms with van der Waals surface area (Å²) in [5.41, 5.74) is 6.76. The van der Waals surface area contributed by atoms with Crippen molar-refractivity contribution in [3.8, 4) is 0 Å². The van der Waals surface area contributed by atoms with Crippen LogP contribution in [0.3, 0.4) is 0 Å². The van der Waals surface area contributed by atoms with Crippen molar-refractivity contribution >= 4 is 33.5 Å². The lowest BCUT2D eigenvalue weighted by Gasteiger charge is -2.08. The number of anilines is 1. The molecule has 5 heteroatoms. The molecule has 1 aromatic heterocycles. The molecule has 0 bridgehead atoms. The molecule has 2 aromatic rings. The number of hydrogen-bond acceptors (Lipinski definition) is 4. The molecule has 0 aliphatic carbocycles. The summed E-state index contributed by atoms with van der Waals surface area (Å²) >= 11 is 5.11. The molecule has 0 amide bonds. The van der Waals surface area contributed by atoms with Gasteiger partial charge >= 0.3 is 0 Å². The Balaban J connectivity index is 2.40. The molecule has 0 fully saturated rings. The first kappa shape index (κ1) is 12.4. The minimum atomic E-state index is 0.548. The van der Waals surface area contributed by atoms with Crippen LogP contribution in [0.15, 0.2) is 38.7 Å². The Morgan fingerprint density at radius 2 is 1.88 bits per heavy atom. The summed E-state index contributed by atoms with van der Waals surface area (Å²) in [6.07, 6.45) is 0. The molecule has 3 nitrogen and oxygen atoms in total. The van der Waals surface area contributed by atoms with Crippen LogP contribution in [0.4, 0.5) is 5.82 Å². The van der Waals surface area contributed by atoms with Crippen LogP contribution >= 0.6 is 27.7 Å². The predicted octanol–water partition coefficient (Wildman–Crippen LogP) is 3.59. The third-order valence-corrected chi connectivity index (χ3v) is 4.41. The smallest absolute Gasteiger partial charge is 0.131 e. The van der Waals surface area contributed by atoms with Gasteiger partial charge in [0, 0.05) is 14.9 Å². The van der Waals surface area contributed by atoms with E-state index in [9.17, 15) is 0 Å². The molecule has 0 saturated carbocycles. The van der Waals surface area contributed by atoms with Crippen molar-refractivity contribution in [3.05, 3.63) is 40.1 Å². The normalized spacial score (nSPS) is 10.5. The van der Waals surface area contributed by atoms with Gasteiger partial charge in [-0.1, -0.05) is 23.9 Å². The monoisotopic (exact) mass is 309 g/mol.